The first-order valence-electron chi connectivity index (χ1n) is 17.1. The van der Waals surface area contributed by atoms with Gasteiger partial charge in [0.05, 0.1) is 30.8 Å². The molecule has 0 aliphatic carbocycles. The fraction of sp³-hybridized carbons (Fsp3) is 0.436. The summed E-state index contributed by atoms with van der Waals surface area (Å²) < 4.78 is 11.9. The third kappa shape index (κ3) is 12.0. The molecule has 0 unspecified atom stereocenters. The molecular weight excluding hydrogens is 705 g/mol. The van der Waals surface area contributed by atoms with E-state index in [0.717, 1.165) is 74.0 Å². The van der Waals surface area contributed by atoms with Crippen LogP contribution >= 0.6 is 37.0 Å². The molecule has 278 valence electrons. The lowest BCUT2D eigenvalue weighted by Gasteiger charge is -2.36. The minimum absolute atomic E-state index is 0. The van der Waals surface area contributed by atoms with E-state index in [0.29, 0.717) is 59.0 Å². The molecule has 51 heavy (non-hydrogen) atoms. The number of hydrogen-bond donors (Lipinski definition) is 2. The van der Waals surface area contributed by atoms with Gasteiger partial charge >= 0.3 is 0 Å². The fourth-order valence-corrected chi connectivity index (χ4v) is 6.50. The highest BCUT2D eigenvalue weighted by Crippen LogP contribution is 2.32. The van der Waals surface area contributed by atoms with Crippen LogP contribution in [0.4, 0.5) is 11.4 Å². The summed E-state index contributed by atoms with van der Waals surface area (Å²) in [5.41, 5.74) is 11.4. The Hall–Kier alpha value is -3.63. The van der Waals surface area contributed by atoms with Crippen molar-refractivity contribution in [1.29, 1.82) is 0 Å². The summed E-state index contributed by atoms with van der Waals surface area (Å²) in [6.07, 6.45) is 6.08. The number of halogens is 2. The molecule has 1 fully saturated rings. The van der Waals surface area contributed by atoms with Crippen molar-refractivity contribution in [3.05, 3.63) is 88.6 Å². The number of methoxy groups -OCH3 is 1. The topological polar surface area (TPSA) is 100 Å². The van der Waals surface area contributed by atoms with Crippen LogP contribution in [0, 0.1) is 6.92 Å². The maximum atomic E-state index is 13.8. The minimum atomic E-state index is -0.202. The Labute approximate surface area is 321 Å². The Kier molecular flexibility index (Phi) is 18.5. The van der Waals surface area contributed by atoms with Gasteiger partial charge in [0.25, 0.3) is 5.91 Å². The van der Waals surface area contributed by atoms with E-state index in [4.69, 9.17) is 27.4 Å². The number of piperidine rings is 1. The van der Waals surface area contributed by atoms with Crippen molar-refractivity contribution >= 4 is 65.2 Å². The molecule has 3 N–H and O–H groups in total. The molecule has 12 heteroatoms. The average Bonchev–Trinajstić information content (AvgIpc) is 3.12. The lowest BCUT2D eigenvalue weighted by atomic mass is 10.0. The summed E-state index contributed by atoms with van der Waals surface area (Å²) in [6, 6.07) is 19.7. The number of thiocarbonyl (C=S) groups is 1. The number of aryl methyl sites for hydroxylation is 2. The van der Waals surface area contributed by atoms with Gasteiger partial charge in [-0.2, -0.15) is 0 Å². The number of ether oxygens (including phenoxy) is 2. The molecule has 3 aromatic rings. The second-order valence-electron chi connectivity index (χ2n) is 12.8. The number of unbranched alkanes of at least 4 members (excludes halogenated alkanes) is 1. The molecule has 0 spiro atoms. The van der Waals surface area contributed by atoms with Crippen LogP contribution in [-0.4, -0.2) is 87.2 Å². The van der Waals surface area contributed by atoms with Gasteiger partial charge < -0.3 is 35.2 Å². The lowest BCUT2D eigenvalue weighted by molar-refractivity contribution is 0.0991. The van der Waals surface area contributed by atoms with Gasteiger partial charge in [-0.1, -0.05) is 42.5 Å². The van der Waals surface area contributed by atoms with Crippen molar-refractivity contribution < 1.29 is 19.1 Å². The van der Waals surface area contributed by atoms with Gasteiger partial charge in [-0.05, 0) is 114 Å². The average molecular weight is 759 g/mol. The maximum absolute atomic E-state index is 13.8. The number of benzene rings is 3. The predicted octanol–water partition coefficient (Wildman–Crippen LogP) is 7.09. The third-order valence-electron chi connectivity index (χ3n) is 9.15. The Morgan fingerprint density at radius 2 is 1.73 bits per heavy atom. The standard InChI is InChI=1S/C39H51N5O4S.2ClH/c1-28-15-18-35(37(25-28)48-24-9-8-13-32(27-45)44-22-19-31(20-23-44)42(2)3)43(4)39(46)30-16-17-34(36(26-30)47-5)41-38(49)33-14-7-6-11-29(33)12-10-21-40;;/h6-7,11,14-18,25-26,31H,8-10,12-13,19-24,40H2,1-5H3,(H,41,49);2*1H. The van der Waals surface area contributed by atoms with Crippen LogP contribution in [0.15, 0.2) is 66.4 Å². The second kappa shape index (κ2) is 21.7. The van der Waals surface area contributed by atoms with Gasteiger partial charge in [-0.15, -0.1) is 24.8 Å². The van der Waals surface area contributed by atoms with Crippen LogP contribution in [0.3, 0.4) is 0 Å². The van der Waals surface area contributed by atoms with Crippen molar-refractivity contribution in [3.8, 4) is 11.5 Å². The van der Waals surface area contributed by atoms with Crippen molar-refractivity contribution in [1.82, 2.24) is 9.80 Å². The van der Waals surface area contributed by atoms with Crippen LogP contribution in [-0.2, 0) is 11.2 Å². The largest absolute Gasteiger partial charge is 0.495 e. The zero-order valence-electron chi connectivity index (χ0n) is 30.4. The first kappa shape index (κ1) is 43.5. The highest BCUT2D eigenvalue weighted by atomic mass is 35.5. The van der Waals surface area contributed by atoms with Gasteiger partial charge in [0.2, 0.25) is 0 Å². The Bertz CT molecular complexity index is 1640. The molecule has 1 amide bonds. The summed E-state index contributed by atoms with van der Waals surface area (Å²) in [4.78, 5) is 32.1. The van der Waals surface area contributed by atoms with Gasteiger partial charge in [0, 0.05) is 37.3 Å². The van der Waals surface area contributed by atoms with Gasteiger partial charge in [-0.3, -0.25) is 4.79 Å². The zero-order valence-corrected chi connectivity index (χ0v) is 32.9. The molecule has 1 heterocycles. The molecule has 0 radical (unpaired) electrons. The summed E-state index contributed by atoms with van der Waals surface area (Å²) in [5.74, 6) is 3.13. The highest BCUT2D eigenvalue weighted by molar-refractivity contribution is 7.81. The van der Waals surface area contributed by atoms with Crippen LogP contribution in [0.2, 0.25) is 0 Å². The summed E-state index contributed by atoms with van der Waals surface area (Å²) >= 11 is 5.77. The number of nitrogens with two attached hydrogens (primary N) is 1. The number of nitrogens with zero attached hydrogens (tertiary/aromatic N) is 3. The van der Waals surface area contributed by atoms with Crippen molar-refractivity contribution in [2.24, 2.45) is 5.73 Å². The Morgan fingerprint density at radius 3 is 2.39 bits per heavy atom. The molecule has 4 rings (SSSR count). The molecule has 1 aliphatic rings. The smallest absolute Gasteiger partial charge is 0.258 e. The van der Waals surface area contributed by atoms with Gasteiger partial charge in [0.15, 0.2) is 0 Å². The van der Waals surface area contributed by atoms with Crippen molar-refractivity contribution in [2.75, 3.05) is 64.7 Å². The lowest BCUT2D eigenvalue weighted by Crippen LogP contribution is -2.41. The number of carbonyl (C=O) groups is 1. The Balaban J connectivity index is 0.00000451. The number of anilines is 2. The molecule has 1 aliphatic heterocycles. The molecule has 0 atom stereocenters. The number of likely N-dealkylation sites (tertiary alicyclic amines) is 1. The quantitative estimate of drug-likeness (QED) is 0.0902. The number of allylic oxidation sites excluding steroid dienone is 1. The van der Waals surface area contributed by atoms with Gasteiger partial charge in [-0.25, -0.2) is 4.79 Å². The molecule has 0 bridgehead atoms. The number of hydrogen-bond acceptors (Lipinski definition) is 8. The first-order valence-corrected chi connectivity index (χ1v) is 17.5. The van der Waals surface area contributed by atoms with Crippen molar-refractivity contribution in [3.63, 3.8) is 0 Å². The van der Waals surface area contributed by atoms with E-state index >= 15 is 0 Å². The van der Waals surface area contributed by atoms with Gasteiger partial charge in [0.1, 0.15) is 22.4 Å². The molecule has 9 nitrogen and oxygen atoms in total. The van der Waals surface area contributed by atoms with E-state index in [1.54, 1.807) is 31.2 Å². The highest BCUT2D eigenvalue weighted by Gasteiger charge is 2.23. The molecule has 1 saturated heterocycles. The zero-order chi connectivity index (χ0) is 35.3. The maximum Gasteiger partial charge on any atom is 0.258 e. The summed E-state index contributed by atoms with van der Waals surface area (Å²) in [7, 11) is 7.54. The van der Waals surface area contributed by atoms with E-state index in [1.165, 1.54) is 0 Å². The first-order chi connectivity index (χ1) is 23.7. The molecule has 0 saturated carbocycles. The predicted molar refractivity (Wildman–Crippen MR) is 217 cm³/mol. The van der Waals surface area contributed by atoms with Crippen LogP contribution in [0.1, 0.15) is 65.6 Å². The monoisotopic (exact) mass is 757 g/mol. The van der Waals surface area contributed by atoms with Crippen LogP contribution in [0.5, 0.6) is 11.5 Å². The normalized spacial score (nSPS) is 12.6. The van der Waals surface area contributed by atoms with E-state index in [1.807, 2.05) is 49.4 Å². The second-order valence-corrected chi connectivity index (χ2v) is 13.2. The number of rotatable bonds is 16. The summed E-state index contributed by atoms with van der Waals surface area (Å²) in [6.45, 7) is 4.85. The minimum Gasteiger partial charge on any atom is -0.495 e. The van der Waals surface area contributed by atoms with E-state index < -0.39 is 0 Å². The van der Waals surface area contributed by atoms with E-state index in [-0.39, 0.29) is 30.7 Å². The number of amides is 1. The molecular formula is C39H53Cl2N5O4S. The Morgan fingerprint density at radius 1 is 1.00 bits per heavy atom. The number of carbonyl (C=O) groups excluding carboxylic acids is 2. The fourth-order valence-electron chi connectivity index (χ4n) is 6.19. The number of nitrogens with one attached hydrogen (secondary N) is 1. The van der Waals surface area contributed by atoms with Crippen LogP contribution in [0.25, 0.3) is 0 Å². The third-order valence-corrected chi connectivity index (χ3v) is 9.47. The van der Waals surface area contributed by atoms with E-state index in [2.05, 4.69) is 41.2 Å². The van der Waals surface area contributed by atoms with Crippen LogP contribution < -0.4 is 25.4 Å². The molecule has 3 aromatic carbocycles. The SMILES string of the molecule is COc1cc(C(=O)N(C)c2ccc(C)cc2OCCCCC(=C=O)N2CCC(N(C)C)CC2)ccc1NC(=S)c1ccccc1CCCN.Cl.Cl. The molecule has 0 aromatic heterocycles. The summed E-state index contributed by atoms with van der Waals surface area (Å²) in [5, 5.41) is 3.31. The van der Waals surface area contributed by atoms with E-state index in [9.17, 15) is 9.59 Å². The van der Waals surface area contributed by atoms with Crippen molar-refractivity contribution in [2.45, 2.75) is 57.9 Å².